The van der Waals surface area contributed by atoms with Gasteiger partial charge in [0.05, 0.1) is 11.4 Å². The molecule has 1 fully saturated rings. The number of H-pyrrole nitrogens is 1. The van der Waals surface area contributed by atoms with Gasteiger partial charge < -0.3 is 15.2 Å². The number of rotatable bonds is 2. The Bertz CT molecular complexity index is 927. The van der Waals surface area contributed by atoms with Crippen LogP contribution in [0.1, 0.15) is 42.6 Å². The average Bonchev–Trinajstić information content (AvgIpc) is 3.16. The van der Waals surface area contributed by atoms with Gasteiger partial charge in [-0.25, -0.2) is 15.0 Å². The molecule has 0 radical (unpaired) electrons. The summed E-state index contributed by atoms with van der Waals surface area (Å²) in [5.74, 6) is 0.500. The van der Waals surface area contributed by atoms with E-state index in [4.69, 9.17) is 4.98 Å². The number of nitrogens with one attached hydrogen (secondary N) is 2. The lowest BCUT2D eigenvalue weighted by molar-refractivity contribution is 0.447. The first kappa shape index (κ1) is 15.8. The predicted octanol–water partition coefficient (Wildman–Crippen LogP) is 2.77. The van der Waals surface area contributed by atoms with Gasteiger partial charge in [0.2, 0.25) is 0 Å². The fourth-order valence-electron chi connectivity index (χ4n) is 4.49. The summed E-state index contributed by atoms with van der Waals surface area (Å²) in [6, 6.07) is 4.65. The van der Waals surface area contributed by atoms with Crippen molar-refractivity contribution in [3.8, 4) is 0 Å². The Morgan fingerprint density at radius 1 is 1.19 bits per heavy atom. The molecule has 2 N–H and O–H groups in total. The molecule has 0 bridgehead atoms. The topological polar surface area (TPSA) is 69.7 Å². The maximum atomic E-state index is 4.72. The third-order valence-corrected chi connectivity index (χ3v) is 5.85. The van der Waals surface area contributed by atoms with Crippen molar-refractivity contribution in [3.63, 3.8) is 0 Å². The minimum absolute atomic E-state index is 0.398. The van der Waals surface area contributed by atoms with E-state index in [0.717, 1.165) is 31.7 Å². The van der Waals surface area contributed by atoms with Crippen LogP contribution in [0.2, 0.25) is 0 Å². The maximum absolute atomic E-state index is 4.72. The van der Waals surface area contributed by atoms with E-state index in [1.807, 2.05) is 12.4 Å². The van der Waals surface area contributed by atoms with E-state index < -0.39 is 0 Å². The third-order valence-electron chi connectivity index (χ3n) is 5.85. The molecule has 134 valence electrons. The highest BCUT2D eigenvalue weighted by Crippen LogP contribution is 2.35. The van der Waals surface area contributed by atoms with E-state index in [1.165, 1.54) is 40.9 Å². The van der Waals surface area contributed by atoms with Gasteiger partial charge in [0.15, 0.2) is 0 Å². The smallest absolute Gasteiger partial charge is 0.139 e. The van der Waals surface area contributed by atoms with Crippen molar-refractivity contribution >= 4 is 16.7 Å². The first-order chi connectivity index (χ1) is 12.8. The van der Waals surface area contributed by atoms with Crippen LogP contribution in [0.3, 0.4) is 0 Å². The number of fused-ring (bicyclic) bond motifs is 2. The van der Waals surface area contributed by atoms with Crippen LogP contribution < -0.4 is 10.2 Å². The maximum Gasteiger partial charge on any atom is 0.139 e. The summed E-state index contributed by atoms with van der Waals surface area (Å²) in [5, 5.41) is 4.71. The largest absolute Gasteiger partial charge is 0.363 e. The number of piperidine rings is 1. The van der Waals surface area contributed by atoms with Crippen molar-refractivity contribution in [2.45, 2.75) is 44.7 Å². The number of aromatic amines is 1. The molecule has 0 saturated carbocycles. The van der Waals surface area contributed by atoms with E-state index in [0.29, 0.717) is 12.0 Å². The summed E-state index contributed by atoms with van der Waals surface area (Å²) in [6.07, 6.45) is 9.01. The lowest BCUT2D eigenvalue weighted by atomic mass is 9.88. The van der Waals surface area contributed by atoms with Crippen LogP contribution in [0.25, 0.3) is 11.0 Å². The van der Waals surface area contributed by atoms with Gasteiger partial charge in [-0.3, -0.25) is 0 Å². The van der Waals surface area contributed by atoms with Crippen molar-refractivity contribution in [2.75, 3.05) is 18.0 Å². The molecule has 1 saturated heterocycles. The van der Waals surface area contributed by atoms with Crippen LogP contribution in [0.4, 0.5) is 5.69 Å². The molecule has 0 spiro atoms. The predicted molar refractivity (Wildman–Crippen MR) is 102 cm³/mol. The molecular weight excluding hydrogens is 324 g/mol. The van der Waals surface area contributed by atoms with Crippen LogP contribution in [-0.4, -0.2) is 39.1 Å². The quantitative estimate of drug-likeness (QED) is 0.745. The molecule has 2 atom stereocenters. The van der Waals surface area contributed by atoms with Crippen LogP contribution in [-0.2, 0) is 13.0 Å². The van der Waals surface area contributed by atoms with Gasteiger partial charge in [-0.1, -0.05) is 0 Å². The summed E-state index contributed by atoms with van der Waals surface area (Å²) in [7, 11) is 0. The van der Waals surface area contributed by atoms with E-state index in [2.05, 4.69) is 44.2 Å². The van der Waals surface area contributed by atoms with Crippen LogP contribution in [0, 0.1) is 0 Å². The molecule has 2 aliphatic heterocycles. The van der Waals surface area contributed by atoms with Gasteiger partial charge in [-0.2, -0.15) is 0 Å². The van der Waals surface area contributed by atoms with Gasteiger partial charge in [0, 0.05) is 60.5 Å². The molecule has 0 amide bonds. The van der Waals surface area contributed by atoms with Gasteiger partial charge in [0.1, 0.15) is 12.0 Å². The number of nitrogens with zero attached hydrogens (tertiary/aromatic N) is 4. The summed E-state index contributed by atoms with van der Waals surface area (Å²) in [5.41, 5.74) is 5.99. The first-order valence-corrected chi connectivity index (χ1v) is 9.53. The Balaban J connectivity index is 1.56. The molecule has 6 heteroatoms. The first-order valence-electron chi connectivity index (χ1n) is 9.53. The van der Waals surface area contributed by atoms with Crippen LogP contribution in [0.15, 0.2) is 30.9 Å². The molecule has 0 aromatic carbocycles. The molecule has 6 nitrogen and oxygen atoms in total. The number of hydrogen-bond donors (Lipinski definition) is 2. The van der Waals surface area contributed by atoms with Crippen molar-refractivity contribution in [1.82, 2.24) is 25.3 Å². The number of hydrogen-bond acceptors (Lipinski definition) is 5. The number of anilines is 1. The third kappa shape index (κ3) is 2.56. The number of pyridine rings is 1. The van der Waals surface area contributed by atoms with E-state index in [1.54, 1.807) is 6.33 Å². The minimum atomic E-state index is 0.398. The van der Waals surface area contributed by atoms with E-state index in [-0.39, 0.29) is 0 Å². The monoisotopic (exact) mass is 348 g/mol. The second-order valence-electron chi connectivity index (χ2n) is 7.48. The lowest BCUT2D eigenvalue weighted by Gasteiger charge is -2.38. The molecule has 3 aromatic rings. The Kier molecular flexibility index (Phi) is 3.85. The number of aromatic nitrogens is 4. The van der Waals surface area contributed by atoms with Crippen molar-refractivity contribution < 1.29 is 0 Å². The van der Waals surface area contributed by atoms with Crippen LogP contribution in [0.5, 0.6) is 0 Å². The van der Waals surface area contributed by atoms with E-state index >= 15 is 0 Å². The second kappa shape index (κ2) is 6.36. The fourth-order valence-corrected chi connectivity index (χ4v) is 4.49. The summed E-state index contributed by atoms with van der Waals surface area (Å²) in [4.78, 5) is 19.5. The fraction of sp³-hybridized carbons (Fsp3) is 0.450. The Morgan fingerprint density at radius 3 is 3.04 bits per heavy atom. The average molecular weight is 348 g/mol. The molecule has 2 unspecified atom stereocenters. The van der Waals surface area contributed by atoms with Crippen molar-refractivity contribution in [2.24, 2.45) is 0 Å². The molecule has 26 heavy (non-hydrogen) atoms. The molecular formula is C20H24N6. The van der Waals surface area contributed by atoms with Gasteiger partial charge in [0.25, 0.3) is 0 Å². The Labute approximate surface area is 153 Å². The SMILES string of the molecule is CC1Cc2ncnc(C3CCCNC3)c2CN1c1ccnc2[nH]ccc12. The molecule has 5 rings (SSSR count). The highest BCUT2D eigenvalue weighted by Gasteiger charge is 2.30. The zero-order valence-corrected chi connectivity index (χ0v) is 15.1. The minimum Gasteiger partial charge on any atom is -0.363 e. The van der Waals surface area contributed by atoms with Crippen LogP contribution >= 0.6 is 0 Å². The highest BCUT2D eigenvalue weighted by atomic mass is 15.2. The van der Waals surface area contributed by atoms with Crippen molar-refractivity contribution in [3.05, 3.63) is 47.8 Å². The zero-order valence-electron chi connectivity index (χ0n) is 15.1. The second-order valence-corrected chi connectivity index (χ2v) is 7.48. The Morgan fingerprint density at radius 2 is 2.15 bits per heavy atom. The molecule has 2 aliphatic rings. The summed E-state index contributed by atoms with van der Waals surface area (Å²) in [6.45, 7) is 5.30. The lowest BCUT2D eigenvalue weighted by Crippen LogP contribution is -2.40. The Hall–Kier alpha value is -2.47. The normalized spacial score (nSPS) is 23.2. The molecule has 5 heterocycles. The zero-order chi connectivity index (χ0) is 17.5. The molecule has 3 aromatic heterocycles. The van der Waals surface area contributed by atoms with Gasteiger partial charge in [-0.05, 0) is 38.4 Å². The summed E-state index contributed by atoms with van der Waals surface area (Å²) >= 11 is 0. The van der Waals surface area contributed by atoms with Crippen molar-refractivity contribution in [1.29, 1.82) is 0 Å². The summed E-state index contributed by atoms with van der Waals surface area (Å²) < 4.78 is 0. The standard InChI is InChI=1S/C20H24N6/c1-13-9-17-16(19(25-12-24-17)14-3-2-6-21-10-14)11-26(13)18-5-8-23-20-15(18)4-7-22-20/h4-5,7-8,12-14,21H,2-3,6,9-11H2,1H3,(H,22,23). The van der Waals surface area contributed by atoms with E-state index in [9.17, 15) is 0 Å². The van der Waals surface area contributed by atoms with Gasteiger partial charge in [-0.15, -0.1) is 0 Å². The highest BCUT2D eigenvalue weighted by molar-refractivity contribution is 5.90. The molecule has 0 aliphatic carbocycles. The van der Waals surface area contributed by atoms with Gasteiger partial charge >= 0.3 is 0 Å².